The molecule has 1 N–H and O–H groups in total. The molecule has 0 aliphatic carbocycles. The van der Waals surface area contributed by atoms with E-state index in [1.54, 1.807) is 17.9 Å². The second kappa shape index (κ2) is 4.12. The number of aryl methyl sites for hydroxylation is 1. The minimum Gasteiger partial charge on any atom is -0.386 e. The van der Waals surface area contributed by atoms with E-state index in [1.807, 2.05) is 6.92 Å². The Bertz CT molecular complexity index is 334. The van der Waals surface area contributed by atoms with Crippen LogP contribution in [-0.2, 0) is 11.8 Å². The lowest BCUT2D eigenvalue weighted by Gasteiger charge is -2.21. The van der Waals surface area contributed by atoms with Gasteiger partial charge in [-0.1, -0.05) is 11.6 Å². The summed E-state index contributed by atoms with van der Waals surface area (Å²) in [5.74, 6) is 0.109. The molecule has 0 bridgehead atoms. The molecule has 5 heteroatoms. The lowest BCUT2D eigenvalue weighted by Crippen LogP contribution is -2.22. The highest BCUT2D eigenvalue weighted by atomic mass is 35.5. The molecule has 15 heavy (non-hydrogen) atoms. The van der Waals surface area contributed by atoms with Gasteiger partial charge >= 0.3 is 0 Å². The second-order valence-corrected chi connectivity index (χ2v) is 4.38. The molecule has 0 amide bonds. The first-order valence-electron chi connectivity index (χ1n) is 5.08. The van der Waals surface area contributed by atoms with Crippen LogP contribution in [0.4, 0.5) is 0 Å². The predicted molar refractivity (Wildman–Crippen MR) is 56.7 cm³/mol. The minimum atomic E-state index is -0.595. The SMILES string of the molecule is CC1OCCC1C(O)c1c(Cl)cnn1C. The monoisotopic (exact) mass is 230 g/mol. The third-order valence-corrected chi connectivity index (χ3v) is 3.35. The summed E-state index contributed by atoms with van der Waals surface area (Å²) in [5.41, 5.74) is 0.680. The van der Waals surface area contributed by atoms with E-state index in [-0.39, 0.29) is 12.0 Å². The zero-order valence-electron chi connectivity index (χ0n) is 8.85. The Balaban J connectivity index is 2.23. The van der Waals surface area contributed by atoms with Crippen LogP contribution in [0.5, 0.6) is 0 Å². The number of hydrogen-bond acceptors (Lipinski definition) is 3. The van der Waals surface area contributed by atoms with Gasteiger partial charge in [0.1, 0.15) is 6.10 Å². The third-order valence-electron chi connectivity index (χ3n) is 3.06. The van der Waals surface area contributed by atoms with Gasteiger partial charge in [-0.05, 0) is 13.3 Å². The Morgan fingerprint density at radius 3 is 2.93 bits per heavy atom. The zero-order chi connectivity index (χ0) is 11.0. The maximum absolute atomic E-state index is 10.2. The van der Waals surface area contributed by atoms with Gasteiger partial charge in [-0.25, -0.2) is 0 Å². The van der Waals surface area contributed by atoms with Crippen molar-refractivity contribution in [1.82, 2.24) is 9.78 Å². The highest BCUT2D eigenvalue weighted by Crippen LogP contribution is 2.35. The molecule has 1 fully saturated rings. The predicted octanol–water partition coefficient (Wildman–Crippen LogP) is 1.53. The molecule has 0 spiro atoms. The van der Waals surface area contributed by atoms with Gasteiger partial charge in [0, 0.05) is 19.6 Å². The average Bonchev–Trinajstić information content (AvgIpc) is 2.73. The smallest absolute Gasteiger partial charge is 0.102 e. The van der Waals surface area contributed by atoms with Crippen LogP contribution in [0, 0.1) is 5.92 Å². The van der Waals surface area contributed by atoms with Crippen LogP contribution in [0.1, 0.15) is 25.1 Å². The number of halogens is 1. The van der Waals surface area contributed by atoms with Crippen LogP contribution in [-0.4, -0.2) is 27.6 Å². The molecule has 2 heterocycles. The van der Waals surface area contributed by atoms with E-state index in [4.69, 9.17) is 16.3 Å². The van der Waals surface area contributed by atoms with Gasteiger partial charge in [0.05, 0.1) is 23.0 Å². The van der Waals surface area contributed by atoms with Crippen molar-refractivity contribution in [2.24, 2.45) is 13.0 Å². The summed E-state index contributed by atoms with van der Waals surface area (Å²) in [6.07, 6.45) is 1.90. The maximum Gasteiger partial charge on any atom is 0.102 e. The summed E-state index contributed by atoms with van der Waals surface area (Å²) >= 11 is 5.98. The summed E-state index contributed by atoms with van der Waals surface area (Å²) in [6.45, 7) is 2.68. The summed E-state index contributed by atoms with van der Waals surface area (Å²) in [7, 11) is 1.78. The quantitative estimate of drug-likeness (QED) is 0.838. The Morgan fingerprint density at radius 2 is 2.47 bits per heavy atom. The van der Waals surface area contributed by atoms with E-state index in [0.717, 1.165) is 6.42 Å². The molecule has 4 nitrogen and oxygen atoms in total. The van der Waals surface area contributed by atoms with Gasteiger partial charge in [-0.15, -0.1) is 0 Å². The largest absolute Gasteiger partial charge is 0.386 e. The molecule has 3 atom stereocenters. The normalized spacial score (nSPS) is 28.3. The first-order valence-corrected chi connectivity index (χ1v) is 5.46. The zero-order valence-corrected chi connectivity index (χ0v) is 9.61. The summed E-state index contributed by atoms with van der Waals surface area (Å²) in [4.78, 5) is 0. The molecule has 3 unspecified atom stereocenters. The molecule has 0 radical (unpaired) electrons. The number of aliphatic hydroxyl groups excluding tert-OH is 1. The average molecular weight is 231 g/mol. The molecule has 0 aromatic carbocycles. The lowest BCUT2D eigenvalue weighted by molar-refractivity contribution is 0.0393. The summed E-state index contributed by atoms with van der Waals surface area (Å²) in [6, 6.07) is 0. The molecule has 2 rings (SSSR count). The molecule has 1 saturated heterocycles. The van der Waals surface area contributed by atoms with E-state index in [9.17, 15) is 5.11 Å². The van der Waals surface area contributed by atoms with Gasteiger partial charge in [0.15, 0.2) is 0 Å². The van der Waals surface area contributed by atoms with Crippen molar-refractivity contribution in [2.45, 2.75) is 25.6 Å². The van der Waals surface area contributed by atoms with E-state index >= 15 is 0 Å². The van der Waals surface area contributed by atoms with E-state index < -0.39 is 6.10 Å². The number of hydrogen-bond donors (Lipinski definition) is 1. The van der Waals surface area contributed by atoms with Crippen molar-refractivity contribution in [3.63, 3.8) is 0 Å². The second-order valence-electron chi connectivity index (χ2n) is 3.97. The van der Waals surface area contributed by atoms with Gasteiger partial charge in [0.25, 0.3) is 0 Å². The van der Waals surface area contributed by atoms with Crippen LogP contribution in [0.3, 0.4) is 0 Å². The molecule has 1 aromatic heterocycles. The van der Waals surface area contributed by atoms with Crippen molar-refractivity contribution < 1.29 is 9.84 Å². The van der Waals surface area contributed by atoms with Crippen molar-refractivity contribution in [1.29, 1.82) is 0 Å². The Labute approximate surface area is 93.8 Å². The fourth-order valence-corrected chi connectivity index (χ4v) is 2.40. The first-order chi connectivity index (χ1) is 7.11. The van der Waals surface area contributed by atoms with Crippen LogP contribution in [0.2, 0.25) is 5.02 Å². The highest BCUT2D eigenvalue weighted by Gasteiger charge is 2.34. The van der Waals surface area contributed by atoms with Gasteiger partial charge in [-0.2, -0.15) is 5.10 Å². The van der Waals surface area contributed by atoms with Gasteiger partial charge in [0.2, 0.25) is 0 Å². The van der Waals surface area contributed by atoms with Crippen LogP contribution >= 0.6 is 11.6 Å². The third kappa shape index (κ3) is 1.89. The fraction of sp³-hybridized carbons (Fsp3) is 0.700. The molecule has 84 valence electrons. The number of aromatic nitrogens is 2. The van der Waals surface area contributed by atoms with Crippen LogP contribution in [0.15, 0.2) is 6.20 Å². The Morgan fingerprint density at radius 1 is 1.73 bits per heavy atom. The summed E-state index contributed by atoms with van der Waals surface area (Å²) < 4.78 is 7.05. The molecular formula is C10H15ClN2O2. The van der Waals surface area contributed by atoms with E-state index in [2.05, 4.69) is 5.10 Å². The van der Waals surface area contributed by atoms with Crippen LogP contribution < -0.4 is 0 Å². The lowest BCUT2D eigenvalue weighted by atomic mass is 9.93. The summed E-state index contributed by atoms with van der Waals surface area (Å²) in [5, 5.41) is 14.8. The topological polar surface area (TPSA) is 47.3 Å². The van der Waals surface area contributed by atoms with Crippen molar-refractivity contribution in [2.75, 3.05) is 6.61 Å². The highest BCUT2D eigenvalue weighted by molar-refractivity contribution is 6.31. The minimum absolute atomic E-state index is 0.0750. The molecule has 1 aromatic rings. The maximum atomic E-state index is 10.2. The molecular weight excluding hydrogens is 216 g/mol. The van der Waals surface area contributed by atoms with Gasteiger partial charge < -0.3 is 9.84 Å². The van der Waals surface area contributed by atoms with Gasteiger partial charge in [-0.3, -0.25) is 4.68 Å². The van der Waals surface area contributed by atoms with E-state index in [0.29, 0.717) is 17.3 Å². The fourth-order valence-electron chi connectivity index (χ4n) is 2.12. The molecule has 1 aliphatic heterocycles. The number of rotatable bonds is 2. The number of ether oxygens (including phenoxy) is 1. The number of aliphatic hydroxyl groups is 1. The Kier molecular flexibility index (Phi) is 3.00. The van der Waals surface area contributed by atoms with Crippen molar-refractivity contribution in [3.8, 4) is 0 Å². The van der Waals surface area contributed by atoms with E-state index in [1.165, 1.54) is 0 Å². The first kappa shape index (κ1) is 10.9. The number of nitrogens with zero attached hydrogens (tertiary/aromatic N) is 2. The molecule has 0 saturated carbocycles. The van der Waals surface area contributed by atoms with Crippen molar-refractivity contribution >= 4 is 11.6 Å². The standard InChI is InChI=1S/C10H15ClN2O2/c1-6-7(3-4-15-6)10(14)9-8(11)5-12-13(9)2/h5-7,10,14H,3-4H2,1-2H3. The van der Waals surface area contributed by atoms with Crippen LogP contribution in [0.25, 0.3) is 0 Å². The molecule has 1 aliphatic rings. The Hall–Kier alpha value is -0.580. The van der Waals surface area contributed by atoms with Crippen molar-refractivity contribution in [3.05, 3.63) is 16.9 Å².